The van der Waals surface area contributed by atoms with E-state index >= 15 is 0 Å². The summed E-state index contributed by atoms with van der Waals surface area (Å²) in [4.78, 5) is 15.4. The van der Waals surface area contributed by atoms with Gasteiger partial charge in [0.25, 0.3) is 5.91 Å². The van der Waals surface area contributed by atoms with Crippen molar-refractivity contribution in [1.29, 1.82) is 0 Å². The Hall–Kier alpha value is -1.79. The Labute approximate surface area is 103 Å². The van der Waals surface area contributed by atoms with Crippen molar-refractivity contribution < 1.29 is 18.0 Å². The second kappa shape index (κ2) is 6.23. The average Bonchev–Trinajstić information content (AvgIpc) is 2.33. The number of rotatable bonds is 5. The quantitative estimate of drug-likeness (QED) is 0.854. The lowest BCUT2D eigenvalue weighted by Gasteiger charge is -2.09. The van der Waals surface area contributed by atoms with Crippen molar-refractivity contribution in [2.45, 2.75) is 19.5 Å². The molecule has 2 N–H and O–H groups in total. The van der Waals surface area contributed by atoms with Crippen LogP contribution in [0.15, 0.2) is 18.3 Å². The van der Waals surface area contributed by atoms with Gasteiger partial charge in [0.05, 0.1) is 0 Å². The molecular formula is C11H14F3N3O. The van der Waals surface area contributed by atoms with Gasteiger partial charge in [0, 0.05) is 18.3 Å². The first-order chi connectivity index (χ1) is 8.42. The number of hydrogen-bond donors (Lipinski definition) is 2. The molecule has 0 aliphatic rings. The molecule has 0 aliphatic heterocycles. The van der Waals surface area contributed by atoms with Crippen LogP contribution in [-0.4, -0.2) is 30.2 Å². The first-order valence-electron chi connectivity index (χ1n) is 5.47. The van der Waals surface area contributed by atoms with E-state index in [4.69, 9.17) is 0 Å². The lowest BCUT2D eigenvalue weighted by Crippen LogP contribution is -2.33. The number of carbonyl (C=O) groups excluding carboxylic acids is 1. The largest absolute Gasteiger partial charge is 0.405 e. The Morgan fingerprint density at radius 2 is 2.17 bits per heavy atom. The molecule has 0 radical (unpaired) electrons. The fraction of sp³-hybridized carbons (Fsp3) is 0.455. The third kappa shape index (κ3) is 5.03. The van der Waals surface area contributed by atoms with Crippen molar-refractivity contribution in [2.75, 3.05) is 18.4 Å². The zero-order valence-corrected chi connectivity index (χ0v) is 9.84. The molecule has 1 amide bonds. The Balaban J connectivity index is 2.62. The molecule has 7 heteroatoms. The highest BCUT2D eigenvalue weighted by atomic mass is 19.4. The van der Waals surface area contributed by atoms with Crippen molar-refractivity contribution in [3.05, 3.63) is 23.9 Å². The molecule has 18 heavy (non-hydrogen) atoms. The smallest absolute Gasteiger partial charge is 0.370 e. The van der Waals surface area contributed by atoms with Crippen LogP contribution in [0.1, 0.15) is 23.7 Å². The van der Waals surface area contributed by atoms with Gasteiger partial charge in [0.15, 0.2) is 0 Å². The molecule has 1 heterocycles. The van der Waals surface area contributed by atoms with Crippen LogP contribution in [0.4, 0.5) is 19.0 Å². The van der Waals surface area contributed by atoms with E-state index in [9.17, 15) is 18.0 Å². The van der Waals surface area contributed by atoms with Crippen LogP contribution in [0.3, 0.4) is 0 Å². The fourth-order valence-corrected chi connectivity index (χ4v) is 1.20. The van der Waals surface area contributed by atoms with Gasteiger partial charge >= 0.3 is 6.18 Å². The highest BCUT2D eigenvalue weighted by molar-refractivity contribution is 5.94. The number of anilines is 1. The summed E-state index contributed by atoms with van der Waals surface area (Å²) in [6, 6.07) is 2.78. The van der Waals surface area contributed by atoms with E-state index in [0.717, 1.165) is 6.42 Å². The maximum atomic E-state index is 11.9. The second-order valence-electron chi connectivity index (χ2n) is 3.65. The molecule has 4 nitrogen and oxygen atoms in total. The topological polar surface area (TPSA) is 54.0 Å². The Morgan fingerprint density at radius 1 is 1.44 bits per heavy atom. The van der Waals surface area contributed by atoms with E-state index in [1.54, 1.807) is 5.32 Å². The normalized spacial score (nSPS) is 11.1. The molecule has 0 bridgehead atoms. The van der Waals surface area contributed by atoms with Crippen LogP contribution < -0.4 is 10.6 Å². The second-order valence-corrected chi connectivity index (χ2v) is 3.65. The van der Waals surface area contributed by atoms with Crippen molar-refractivity contribution in [1.82, 2.24) is 10.3 Å². The van der Waals surface area contributed by atoms with Gasteiger partial charge in [0.2, 0.25) is 0 Å². The maximum absolute atomic E-state index is 11.9. The highest BCUT2D eigenvalue weighted by Gasteiger charge is 2.27. The molecule has 0 fully saturated rings. The number of nitrogens with one attached hydrogen (secondary N) is 2. The summed E-state index contributed by atoms with van der Waals surface area (Å²) in [5.74, 6) is -0.300. The maximum Gasteiger partial charge on any atom is 0.405 e. The lowest BCUT2D eigenvalue weighted by atomic mass is 10.2. The average molecular weight is 261 g/mol. The zero-order valence-electron chi connectivity index (χ0n) is 9.84. The van der Waals surface area contributed by atoms with Crippen LogP contribution in [0, 0.1) is 0 Å². The lowest BCUT2D eigenvalue weighted by molar-refractivity contribution is -0.123. The summed E-state index contributed by atoms with van der Waals surface area (Å²) in [5, 5.41) is 4.75. The molecule has 100 valence electrons. The number of aromatic nitrogens is 1. The summed E-state index contributed by atoms with van der Waals surface area (Å²) in [6.45, 7) is 1.30. The molecule has 0 atom stereocenters. The fourth-order valence-electron chi connectivity index (χ4n) is 1.20. The van der Waals surface area contributed by atoms with E-state index in [0.29, 0.717) is 12.4 Å². The van der Waals surface area contributed by atoms with E-state index in [-0.39, 0.29) is 5.56 Å². The van der Waals surface area contributed by atoms with Crippen molar-refractivity contribution in [2.24, 2.45) is 0 Å². The molecule has 0 aromatic carbocycles. The molecule has 0 aliphatic carbocycles. The number of amides is 1. The third-order valence-corrected chi connectivity index (χ3v) is 2.03. The van der Waals surface area contributed by atoms with Gasteiger partial charge in [-0.2, -0.15) is 13.2 Å². The molecule has 1 rings (SSSR count). The first-order valence-corrected chi connectivity index (χ1v) is 5.47. The number of alkyl halides is 3. The van der Waals surface area contributed by atoms with Crippen LogP contribution in [0.25, 0.3) is 0 Å². The summed E-state index contributed by atoms with van der Waals surface area (Å²) in [5.41, 5.74) is 0.146. The number of halogens is 3. The molecule has 0 saturated heterocycles. The van der Waals surface area contributed by atoms with E-state index in [1.165, 1.54) is 18.3 Å². The zero-order chi connectivity index (χ0) is 13.6. The Kier molecular flexibility index (Phi) is 4.94. The first kappa shape index (κ1) is 14.3. The van der Waals surface area contributed by atoms with Crippen LogP contribution in [0.2, 0.25) is 0 Å². The van der Waals surface area contributed by atoms with E-state index in [2.05, 4.69) is 10.3 Å². The van der Waals surface area contributed by atoms with Gasteiger partial charge in [-0.25, -0.2) is 4.98 Å². The summed E-state index contributed by atoms with van der Waals surface area (Å²) < 4.78 is 35.8. The van der Waals surface area contributed by atoms with E-state index in [1.807, 2.05) is 6.92 Å². The van der Waals surface area contributed by atoms with Gasteiger partial charge in [-0.1, -0.05) is 6.92 Å². The molecule has 0 saturated carbocycles. The van der Waals surface area contributed by atoms with Crippen LogP contribution in [0.5, 0.6) is 0 Å². The minimum Gasteiger partial charge on any atom is -0.370 e. The number of pyridine rings is 1. The van der Waals surface area contributed by atoms with Gasteiger partial charge < -0.3 is 10.6 Å². The van der Waals surface area contributed by atoms with E-state index < -0.39 is 18.6 Å². The van der Waals surface area contributed by atoms with Gasteiger partial charge in [-0.05, 0) is 18.6 Å². The van der Waals surface area contributed by atoms with Gasteiger partial charge in [-0.15, -0.1) is 0 Å². The predicted molar refractivity (Wildman–Crippen MR) is 61.4 cm³/mol. The van der Waals surface area contributed by atoms with Crippen LogP contribution >= 0.6 is 0 Å². The summed E-state index contributed by atoms with van der Waals surface area (Å²) in [6.07, 6.45) is -2.15. The monoisotopic (exact) mass is 261 g/mol. The number of nitrogens with zero attached hydrogens (tertiary/aromatic N) is 1. The highest BCUT2D eigenvalue weighted by Crippen LogP contribution is 2.13. The van der Waals surface area contributed by atoms with Crippen molar-refractivity contribution >= 4 is 11.7 Å². The number of carbonyl (C=O) groups is 1. The molecule has 1 aromatic rings. The predicted octanol–water partition coefficient (Wildman–Crippen LogP) is 2.20. The SMILES string of the molecule is CCCNc1cc(C(=O)NCC(F)(F)F)ccn1. The molecule has 0 unspecified atom stereocenters. The Morgan fingerprint density at radius 3 is 2.78 bits per heavy atom. The van der Waals surface area contributed by atoms with Gasteiger partial charge in [0.1, 0.15) is 12.4 Å². The number of hydrogen-bond acceptors (Lipinski definition) is 3. The summed E-state index contributed by atoms with van der Waals surface area (Å²) in [7, 11) is 0. The third-order valence-electron chi connectivity index (χ3n) is 2.03. The van der Waals surface area contributed by atoms with Gasteiger partial charge in [-0.3, -0.25) is 4.79 Å². The molecular weight excluding hydrogens is 247 g/mol. The molecule has 0 spiro atoms. The Bertz CT molecular complexity index is 407. The van der Waals surface area contributed by atoms with Crippen molar-refractivity contribution in [3.8, 4) is 0 Å². The minimum absolute atomic E-state index is 0.146. The molecule has 1 aromatic heterocycles. The van der Waals surface area contributed by atoms with Crippen LogP contribution in [-0.2, 0) is 0 Å². The van der Waals surface area contributed by atoms with Crippen molar-refractivity contribution in [3.63, 3.8) is 0 Å². The standard InChI is InChI=1S/C11H14F3N3O/c1-2-4-15-9-6-8(3-5-16-9)10(18)17-7-11(12,13)14/h3,5-6H,2,4,7H2,1H3,(H,15,16)(H,17,18). The minimum atomic E-state index is -4.41. The summed E-state index contributed by atoms with van der Waals surface area (Å²) >= 11 is 0.